The van der Waals surface area contributed by atoms with Crippen LogP contribution in [0.15, 0.2) is 23.0 Å². The predicted molar refractivity (Wildman–Crippen MR) is 68.0 cm³/mol. The first-order valence-corrected chi connectivity index (χ1v) is 6.71. The van der Waals surface area contributed by atoms with Gasteiger partial charge in [0.15, 0.2) is 0 Å². The smallest absolute Gasteiger partial charge is 0.0935 e. The van der Waals surface area contributed by atoms with Crippen LogP contribution >= 0.6 is 0 Å². The highest BCUT2D eigenvalue weighted by molar-refractivity contribution is 5.08. The van der Waals surface area contributed by atoms with Crippen molar-refractivity contribution in [3.63, 3.8) is 0 Å². The van der Waals surface area contributed by atoms with Gasteiger partial charge in [0, 0.05) is 18.6 Å². The molecule has 3 atom stereocenters. The summed E-state index contributed by atoms with van der Waals surface area (Å²) in [5, 5.41) is 3.61. The minimum absolute atomic E-state index is 0.422. The van der Waals surface area contributed by atoms with Crippen LogP contribution in [0.4, 0.5) is 0 Å². The van der Waals surface area contributed by atoms with E-state index < -0.39 is 0 Å². The molecule has 0 amide bonds. The van der Waals surface area contributed by atoms with E-state index in [0.29, 0.717) is 18.1 Å². The molecule has 1 fully saturated rings. The standard InChI is InChI=1S/C14H23NO2/c1-3-14-12(6-8-17-14)13(15-4-2)9-11-5-7-16-10-11/h5,7,10,12-15H,3-4,6,8-9H2,1-2H3. The fourth-order valence-electron chi connectivity index (χ4n) is 2.85. The second kappa shape index (κ2) is 6.22. The number of ether oxygens (including phenoxy) is 1. The summed E-state index contributed by atoms with van der Waals surface area (Å²) in [6.07, 6.45) is 7.34. The Kier molecular flexibility index (Phi) is 4.63. The predicted octanol–water partition coefficient (Wildman–Crippen LogP) is 2.62. The van der Waals surface area contributed by atoms with Crippen LogP contribution in [0.2, 0.25) is 0 Å². The van der Waals surface area contributed by atoms with Crippen LogP contribution < -0.4 is 5.32 Å². The van der Waals surface area contributed by atoms with E-state index in [2.05, 4.69) is 25.2 Å². The van der Waals surface area contributed by atoms with E-state index in [4.69, 9.17) is 9.15 Å². The Morgan fingerprint density at radius 3 is 3.00 bits per heavy atom. The van der Waals surface area contributed by atoms with E-state index in [9.17, 15) is 0 Å². The van der Waals surface area contributed by atoms with E-state index >= 15 is 0 Å². The second-order valence-corrected chi connectivity index (χ2v) is 4.77. The Bertz CT molecular complexity index is 310. The third kappa shape index (κ3) is 3.11. The molecule has 0 aromatic carbocycles. The zero-order valence-corrected chi connectivity index (χ0v) is 10.8. The summed E-state index contributed by atoms with van der Waals surface area (Å²) in [6, 6.07) is 2.56. The van der Waals surface area contributed by atoms with E-state index in [-0.39, 0.29) is 0 Å². The van der Waals surface area contributed by atoms with Gasteiger partial charge in [-0.3, -0.25) is 0 Å². The van der Waals surface area contributed by atoms with E-state index in [0.717, 1.165) is 26.0 Å². The number of rotatable bonds is 6. The van der Waals surface area contributed by atoms with Crippen LogP contribution in [-0.2, 0) is 11.2 Å². The minimum Gasteiger partial charge on any atom is -0.472 e. The SMILES string of the molecule is CCNC(Cc1ccoc1)C1CCOC1CC. The quantitative estimate of drug-likeness (QED) is 0.826. The van der Waals surface area contributed by atoms with Crippen molar-refractivity contribution in [1.29, 1.82) is 0 Å². The molecule has 1 aromatic rings. The highest BCUT2D eigenvalue weighted by Gasteiger charge is 2.33. The molecule has 96 valence electrons. The Morgan fingerprint density at radius 2 is 2.35 bits per heavy atom. The Labute approximate surface area is 104 Å². The van der Waals surface area contributed by atoms with Crippen LogP contribution in [0.1, 0.15) is 32.3 Å². The maximum absolute atomic E-state index is 5.80. The second-order valence-electron chi connectivity index (χ2n) is 4.77. The lowest BCUT2D eigenvalue weighted by Gasteiger charge is -2.27. The topological polar surface area (TPSA) is 34.4 Å². The fourth-order valence-corrected chi connectivity index (χ4v) is 2.85. The van der Waals surface area contributed by atoms with Crippen LogP contribution in [-0.4, -0.2) is 25.3 Å². The first-order chi connectivity index (χ1) is 8.35. The summed E-state index contributed by atoms with van der Waals surface area (Å²) >= 11 is 0. The lowest BCUT2D eigenvalue weighted by atomic mass is 9.88. The molecule has 0 bridgehead atoms. The molecule has 1 saturated heterocycles. The van der Waals surface area contributed by atoms with Gasteiger partial charge >= 0.3 is 0 Å². The molecule has 17 heavy (non-hydrogen) atoms. The van der Waals surface area contributed by atoms with Gasteiger partial charge in [0.25, 0.3) is 0 Å². The molecule has 1 aromatic heterocycles. The molecule has 2 heterocycles. The zero-order valence-electron chi connectivity index (χ0n) is 10.8. The molecule has 0 aliphatic carbocycles. The van der Waals surface area contributed by atoms with Crippen molar-refractivity contribution < 1.29 is 9.15 Å². The fraction of sp³-hybridized carbons (Fsp3) is 0.714. The van der Waals surface area contributed by atoms with Gasteiger partial charge in [0.05, 0.1) is 18.6 Å². The third-order valence-corrected chi connectivity index (χ3v) is 3.68. The number of nitrogens with one attached hydrogen (secondary N) is 1. The molecular weight excluding hydrogens is 214 g/mol. The van der Waals surface area contributed by atoms with Gasteiger partial charge in [-0.25, -0.2) is 0 Å². The summed E-state index contributed by atoms with van der Waals surface area (Å²) < 4.78 is 10.9. The lowest BCUT2D eigenvalue weighted by Crippen LogP contribution is -2.41. The zero-order chi connectivity index (χ0) is 12.1. The maximum Gasteiger partial charge on any atom is 0.0935 e. The summed E-state index contributed by atoms with van der Waals surface area (Å²) in [4.78, 5) is 0. The molecule has 3 nitrogen and oxygen atoms in total. The first kappa shape index (κ1) is 12.7. The minimum atomic E-state index is 0.422. The van der Waals surface area contributed by atoms with Gasteiger partial charge < -0.3 is 14.5 Å². The molecule has 0 radical (unpaired) electrons. The number of hydrogen-bond acceptors (Lipinski definition) is 3. The highest BCUT2D eigenvalue weighted by atomic mass is 16.5. The van der Waals surface area contributed by atoms with Crippen molar-refractivity contribution in [2.75, 3.05) is 13.2 Å². The summed E-state index contributed by atoms with van der Waals surface area (Å²) in [6.45, 7) is 6.30. The molecule has 0 saturated carbocycles. The molecule has 0 spiro atoms. The van der Waals surface area contributed by atoms with Crippen LogP contribution in [0, 0.1) is 5.92 Å². The van der Waals surface area contributed by atoms with Crippen LogP contribution in [0.5, 0.6) is 0 Å². The van der Waals surface area contributed by atoms with E-state index in [1.807, 2.05) is 6.26 Å². The molecule has 2 rings (SSSR count). The third-order valence-electron chi connectivity index (χ3n) is 3.68. The normalized spacial score (nSPS) is 26.2. The monoisotopic (exact) mass is 237 g/mol. The van der Waals surface area contributed by atoms with Crippen molar-refractivity contribution in [2.45, 2.75) is 45.3 Å². The maximum atomic E-state index is 5.80. The summed E-state index contributed by atoms with van der Waals surface area (Å²) in [5.74, 6) is 0.634. The Hall–Kier alpha value is -0.800. The summed E-state index contributed by atoms with van der Waals surface area (Å²) in [7, 11) is 0. The van der Waals surface area contributed by atoms with Crippen molar-refractivity contribution in [2.24, 2.45) is 5.92 Å². The van der Waals surface area contributed by atoms with Crippen LogP contribution in [0.25, 0.3) is 0 Å². The van der Waals surface area contributed by atoms with Gasteiger partial charge in [-0.1, -0.05) is 13.8 Å². The molecule has 1 N–H and O–H groups in total. The van der Waals surface area contributed by atoms with Crippen molar-refractivity contribution >= 4 is 0 Å². The van der Waals surface area contributed by atoms with Gasteiger partial charge in [0.1, 0.15) is 0 Å². The molecular formula is C14H23NO2. The number of furan rings is 1. The first-order valence-electron chi connectivity index (χ1n) is 6.71. The molecule has 1 aliphatic rings. The van der Waals surface area contributed by atoms with Gasteiger partial charge in [-0.2, -0.15) is 0 Å². The largest absolute Gasteiger partial charge is 0.472 e. The molecule has 1 aliphatic heterocycles. The van der Waals surface area contributed by atoms with Gasteiger partial charge in [-0.15, -0.1) is 0 Å². The van der Waals surface area contributed by atoms with Gasteiger partial charge in [0.2, 0.25) is 0 Å². The van der Waals surface area contributed by atoms with Crippen LogP contribution in [0.3, 0.4) is 0 Å². The van der Waals surface area contributed by atoms with Crippen molar-refractivity contribution in [1.82, 2.24) is 5.32 Å². The Morgan fingerprint density at radius 1 is 1.47 bits per heavy atom. The summed E-state index contributed by atoms with van der Waals surface area (Å²) in [5.41, 5.74) is 1.28. The highest BCUT2D eigenvalue weighted by Crippen LogP contribution is 2.28. The average molecular weight is 237 g/mol. The molecule has 3 unspecified atom stereocenters. The molecule has 3 heteroatoms. The average Bonchev–Trinajstić information content (AvgIpc) is 2.98. The van der Waals surface area contributed by atoms with Gasteiger partial charge in [-0.05, 0) is 37.4 Å². The number of hydrogen-bond donors (Lipinski definition) is 1. The Balaban J connectivity index is 2.00. The van der Waals surface area contributed by atoms with E-state index in [1.54, 1.807) is 6.26 Å². The van der Waals surface area contributed by atoms with E-state index in [1.165, 1.54) is 12.0 Å². The number of likely N-dealkylation sites (N-methyl/N-ethyl adjacent to an activating group) is 1. The van der Waals surface area contributed by atoms with Crippen molar-refractivity contribution in [3.8, 4) is 0 Å². The van der Waals surface area contributed by atoms with Crippen molar-refractivity contribution in [3.05, 3.63) is 24.2 Å². The lowest BCUT2D eigenvalue weighted by molar-refractivity contribution is 0.0776.